The highest BCUT2D eigenvalue weighted by atomic mass is 16.6. The molecule has 0 saturated heterocycles. The van der Waals surface area contributed by atoms with E-state index < -0.39 is 35.4 Å². The van der Waals surface area contributed by atoms with Gasteiger partial charge >= 0.3 is 12.1 Å². The third kappa shape index (κ3) is 9.84. The van der Waals surface area contributed by atoms with Crippen molar-refractivity contribution in [1.29, 1.82) is 0 Å². The summed E-state index contributed by atoms with van der Waals surface area (Å²) in [4.78, 5) is 24.2. The smallest absolute Gasteiger partial charge is 0.407 e. The number of rotatable bonds is 6. The van der Waals surface area contributed by atoms with Crippen molar-refractivity contribution in [3.63, 3.8) is 0 Å². The Morgan fingerprint density at radius 2 is 1.52 bits per heavy atom. The number of alkyl carbamates (subject to hydrolysis) is 1. The molecule has 7 heteroatoms. The number of benzene rings is 1. The van der Waals surface area contributed by atoms with Gasteiger partial charge in [0.1, 0.15) is 17.0 Å². The first-order valence-corrected chi connectivity index (χ1v) is 8.92. The second kappa shape index (κ2) is 9.08. The molecule has 0 saturated carbocycles. The second-order valence-corrected chi connectivity index (χ2v) is 8.48. The number of nitrogens with one attached hydrogen (secondary N) is 1. The van der Waals surface area contributed by atoms with Crippen molar-refractivity contribution < 1.29 is 29.3 Å². The van der Waals surface area contributed by atoms with Crippen LogP contribution >= 0.6 is 0 Å². The number of ether oxygens (including phenoxy) is 2. The molecule has 152 valence electrons. The minimum atomic E-state index is -1.17. The Balaban J connectivity index is 2.86. The second-order valence-electron chi connectivity index (χ2n) is 8.48. The quantitative estimate of drug-likeness (QED) is 0.655. The highest BCUT2D eigenvalue weighted by Gasteiger charge is 2.28. The highest BCUT2D eigenvalue weighted by molar-refractivity contribution is 5.71. The highest BCUT2D eigenvalue weighted by Crippen LogP contribution is 2.16. The SMILES string of the molecule is CC(C)(C)OC(=O)C[C@@H](O)[C@H](Cc1ccc(O)cc1)NC(=O)OC(C)(C)C. The molecule has 0 bridgehead atoms. The molecule has 0 unspecified atom stereocenters. The van der Waals surface area contributed by atoms with Crippen LogP contribution in [0.2, 0.25) is 0 Å². The molecule has 0 aliphatic rings. The van der Waals surface area contributed by atoms with Crippen LogP contribution < -0.4 is 5.32 Å². The van der Waals surface area contributed by atoms with Gasteiger partial charge in [0.15, 0.2) is 0 Å². The molecule has 0 spiro atoms. The third-order valence-corrected chi connectivity index (χ3v) is 3.35. The zero-order valence-electron chi connectivity index (χ0n) is 16.9. The lowest BCUT2D eigenvalue weighted by atomic mass is 9.99. The van der Waals surface area contributed by atoms with Gasteiger partial charge in [-0.25, -0.2) is 4.79 Å². The summed E-state index contributed by atoms with van der Waals surface area (Å²) in [7, 11) is 0. The Morgan fingerprint density at radius 3 is 2.00 bits per heavy atom. The third-order valence-electron chi connectivity index (χ3n) is 3.35. The number of carbonyl (C=O) groups is 2. The van der Waals surface area contributed by atoms with E-state index in [4.69, 9.17) is 9.47 Å². The van der Waals surface area contributed by atoms with Gasteiger partial charge in [-0.15, -0.1) is 0 Å². The van der Waals surface area contributed by atoms with Crippen LogP contribution in [-0.4, -0.2) is 45.6 Å². The lowest BCUT2D eigenvalue weighted by molar-refractivity contribution is -0.157. The van der Waals surface area contributed by atoms with Crippen LogP contribution in [0.1, 0.15) is 53.5 Å². The molecule has 1 aromatic rings. The van der Waals surface area contributed by atoms with Crippen molar-refractivity contribution in [3.05, 3.63) is 29.8 Å². The molecule has 27 heavy (non-hydrogen) atoms. The molecule has 0 aliphatic heterocycles. The summed E-state index contributed by atoms with van der Waals surface area (Å²) in [5, 5.41) is 22.5. The number of phenolic OH excluding ortho intramolecular Hbond substituents is 1. The maximum absolute atomic E-state index is 12.1. The number of amides is 1. The molecule has 2 atom stereocenters. The van der Waals surface area contributed by atoms with Gasteiger partial charge in [0.25, 0.3) is 0 Å². The standard InChI is InChI=1S/C20H31NO6/c1-19(2,3)26-17(24)12-16(23)15(21-18(25)27-20(4,5)6)11-13-7-9-14(22)10-8-13/h7-10,15-16,22-23H,11-12H2,1-6H3,(H,21,25)/t15-,16+/m0/s1. The van der Waals surface area contributed by atoms with E-state index in [1.54, 1.807) is 53.7 Å². The first-order chi connectivity index (χ1) is 12.2. The zero-order chi connectivity index (χ0) is 20.8. The lowest BCUT2D eigenvalue weighted by Crippen LogP contribution is -2.47. The molecule has 7 nitrogen and oxygen atoms in total. The van der Waals surface area contributed by atoms with E-state index in [1.165, 1.54) is 12.1 Å². The van der Waals surface area contributed by atoms with Crippen molar-refractivity contribution in [2.24, 2.45) is 0 Å². The predicted octanol–water partition coefficient (Wildman–Crippen LogP) is 2.92. The zero-order valence-corrected chi connectivity index (χ0v) is 16.9. The fraction of sp³-hybridized carbons (Fsp3) is 0.600. The van der Waals surface area contributed by atoms with Gasteiger partial charge in [-0.1, -0.05) is 12.1 Å². The fourth-order valence-corrected chi connectivity index (χ4v) is 2.32. The Bertz CT molecular complexity index is 627. The van der Waals surface area contributed by atoms with Crippen molar-refractivity contribution in [2.45, 2.75) is 77.7 Å². The van der Waals surface area contributed by atoms with Crippen LogP contribution in [0.3, 0.4) is 0 Å². The van der Waals surface area contributed by atoms with E-state index in [1.807, 2.05) is 0 Å². The number of hydrogen-bond acceptors (Lipinski definition) is 6. The predicted molar refractivity (Wildman–Crippen MR) is 101 cm³/mol. The van der Waals surface area contributed by atoms with E-state index in [9.17, 15) is 19.8 Å². The Hall–Kier alpha value is -2.28. The first kappa shape index (κ1) is 22.8. The summed E-state index contributed by atoms with van der Waals surface area (Å²) in [6, 6.07) is 5.62. The monoisotopic (exact) mass is 381 g/mol. The molecule has 1 aromatic carbocycles. The van der Waals surface area contributed by atoms with Crippen molar-refractivity contribution in [1.82, 2.24) is 5.32 Å². The summed E-state index contributed by atoms with van der Waals surface area (Å²) >= 11 is 0. The number of aliphatic hydroxyl groups excluding tert-OH is 1. The average molecular weight is 381 g/mol. The molecule has 3 N–H and O–H groups in total. The molecule has 0 fully saturated rings. The fourth-order valence-electron chi connectivity index (χ4n) is 2.32. The van der Waals surface area contributed by atoms with E-state index >= 15 is 0 Å². The molecular formula is C20H31NO6. The van der Waals surface area contributed by atoms with Crippen molar-refractivity contribution in [3.8, 4) is 5.75 Å². The number of phenols is 1. The summed E-state index contributed by atoms with van der Waals surface area (Å²) in [6.45, 7) is 10.4. The van der Waals surface area contributed by atoms with Gasteiger partial charge < -0.3 is 25.0 Å². The summed E-state index contributed by atoms with van der Waals surface area (Å²) in [5.74, 6) is -0.443. The van der Waals surface area contributed by atoms with Gasteiger partial charge in [-0.3, -0.25) is 4.79 Å². The molecule has 0 radical (unpaired) electrons. The molecular weight excluding hydrogens is 350 g/mol. The molecule has 1 rings (SSSR count). The van der Waals surface area contributed by atoms with Crippen LogP contribution in [0, 0.1) is 0 Å². The van der Waals surface area contributed by atoms with Crippen molar-refractivity contribution in [2.75, 3.05) is 0 Å². The molecule has 0 aromatic heterocycles. The lowest BCUT2D eigenvalue weighted by Gasteiger charge is -2.27. The largest absolute Gasteiger partial charge is 0.508 e. The average Bonchev–Trinajstić information content (AvgIpc) is 2.44. The van der Waals surface area contributed by atoms with E-state index in [2.05, 4.69) is 5.32 Å². The number of hydrogen-bond donors (Lipinski definition) is 3. The van der Waals surface area contributed by atoms with Crippen LogP contribution in [0.15, 0.2) is 24.3 Å². The van der Waals surface area contributed by atoms with Gasteiger partial charge in [0.05, 0.1) is 18.6 Å². The molecule has 0 aliphatic carbocycles. The Morgan fingerprint density at radius 1 is 1.00 bits per heavy atom. The first-order valence-electron chi connectivity index (χ1n) is 8.92. The van der Waals surface area contributed by atoms with Crippen LogP contribution in [0.4, 0.5) is 4.79 Å². The Kier molecular flexibility index (Phi) is 7.65. The number of aromatic hydroxyl groups is 1. The summed E-state index contributed by atoms with van der Waals surface area (Å²) < 4.78 is 10.5. The van der Waals surface area contributed by atoms with Gasteiger partial charge in [0.2, 0.25) is 0 Å². The topological polar surface area (TPSA) is 105 Å². The van der Waals surface area contributed by atoms with Crippen LogP contribution in [-0.2, 0) is 20.7 Å². The van der Waals surface area contributed by atoms with Crippen molar-refractivity contribution >= 4 is 12.1 Å². The number of aliphatic hydroxyl groups is 1. The van der Waals surface area contributed by atoms with E-state index in [0.29, 0.717) is 0 Å². The minimum absolute atomic E-state index is 0.115. The number of esters is 1. The Labute approximate surface area is 160 Å². The summed E-state index contributed by atoms with van der Waals surface area (Å²) in [6.07, 6.45) is -1.87. The molecule has 1 amide bonds. The van der Waals surface area contributed by atoms with Crippen LogP contribution in [0.25, 0.3) is 0 Å². The van der Waals surface area contributed by atoms with Gasteiger partial charge in [-0.05, 0) is 65.7 Å². The van der Waals surface area contributed by atoms with Gasteiger partial charge in [0, 0.05) is 0 Å². The number of carbonyl (C=O) groups excluding carboxylic acids is 2. The summed E-state index contributed by atoms with van der Waals surface area (Å²) in [5.41, 5.74) is -0.581. The molecule has 0 heterocycles. The maximum atomic E-state index is 12.1. The van der Waals surface area contributed by atoms with E-state index in [-0.39, 0.29) is 18.6 Å². The maximum Gasteiger partial charge on any atom is 0.407 e. The van der Waals surface area contributed by atoms with E-state index in [0.717, 1.165) is 5.56 Å². The van der Waals surface area contributed by atoms with Crippen LogP contribution in [0.5, 0.6) is 5.75 Å². The normalized spacial score (nSPS) is 14.2. The minimum Gasteiger partial charge on any atom is -0.508 e. The van der Waals surface area contributed by atoms with Gasteiger partial charge in [-0.2, -0.15) is 0 Å².